The second-order valence-electron chi connectivity index (χ2n) is 7.47. The highest BCUT2D eigenvalue weighted by atomic mass is 35.5. The molecule has 3 heterocycles. The second kappa shape index (κ2) is 8.21. The molecule has 1 aliphatic rings. The molecule has 1 unspecified atom stereocenters. The Labute approximate surface area is 172 Å². The molecule has 0 radical (unpaired) electrons. The summed E-state index contributed by atoms with van der Waals surface area (Å²) in [5, 5.41) is 9.17. The highest BCUT2D eigenvalue weighted by molar-refractivity contribution is 6.30. The number of nitrogens with zero attached hydrogens (tertiary/aromatic N) is 3. The van der Waals surface area contributed by atoms with Crippen LogP contribution in [0.25, 0.3) is 11.3 Å². The van der Waals surface area contributed by atoms with Gasteiger partial charge in [-0.25, -0.2) is 4.79 Å². The van der Waals surface area contributed by atoms with Crippen LogP contribution in [-0.2, 0) is 6.42 Å². The van der Waals surface area contributed by atoms with Gasteiger partial charge in [-0.1, -0.05) is 23.7 Å². The largest absolute Gasteiger partial charge is 0.370 e. The smallest absolute Gasteiger partial charge is 0.325 e. The van der Waals surface area contributed by atoms with Crippen molar-refractivity contribution in [2.75, 3.05) is 18.0 Å². The Morgan fingerprint density at radius 1 is 1.21 bits per heavy atom. The molecular formula is C21H22ClN5O2. The molecule has 29 heavy (non-hydrogen) atoms. The lowest BCUT2D eigenvalue weighted by atomic mass is 9.91. The van der Waals surface area contributed by atoms with E-state index in [1.807, 2.05) is 25.1 Å². The van der Waals surface area contributed by atoms with Crippen molar-refractivity contribution in [3.8, 4) is 11.3 Å². The summed E-state index contributed by atoms with van der Waals surface area (Å²) in [7, 11) is 0. The quantitative estimate of drug-likeness (QED) is 0.688. The van der Waals surface area contributed by atoms with Gasteiger partial charge in [0.05, 0.1) is 16.9 Å². The average molecular weight is 412 g/mol. The van der Waals surface area contributed by atoms with Crippen LogP contribution in [0.15, 0.2) is 46.1 Å². The fourth-order valence-corrected chi connectivity index (χ4v) is 4.02. The second-order valence-corrected chi connectivity index (χ2v) is 7.91. The number of nitrogens with one attached hydrogen (secondary N) is 2. The van der Waals surface area contributed by atoms with Gasteiger partial charge in [0.25, 0.3) is 5.56 Å². The van der Waals surface area contributed by atoms with Crippen molar-refractivity contribution in [3.05, 3.63) is 73.6 Å². The van der Waals surface area contributed by atoms with Gasteiger partial charge in [0.2, 0.25) is 0 Å². The summed E-state index contributed by atoms with van der Waals surface area (Å²) in [5.41, 5.74) is 2.81. The minimum absolute atomic E-state index is 0.299. The molecule has 0 saturated carbocycles. The number of hydrogen-bond donors (Lipinski definition) is 2. The van der Waals surface area contributed by atoms with E-state index in [4.69, 9.17) is 11.6 Å². The van der Waals surface area contributed by atoms with Gasteiger partial charge in [-0.15, -0.1) is 5.10 Å². The van der Waals surface area contributed by atoms with Crippen molar-refractivity contribution >= 4 is 17.3 Å². The average Bonchev–Trinajstić information content (AvgIpc) is 2.71. The number of aromatic amines is 2. The molecule has 3 aromatic rings. The number of halogens is 1. The van der Waals surface area contributed by atoms with Crippen LogP contribution in [0.1, 0.15) is 24.1 Å². The summed E-state index contributed by atoms with van der Waals surface area (Å²) in [6.45, 7) is 3.77. The molecule has 150 valence electrons. The third kappa shape index (κ3) is 4.40. The number of anilines is 1. The van der Waals surface area contributed by atoms with Crippen molar-refractivity contribution in [1.82, 2.24) is 20.2 Å². The Morgan fingerprint density at radius 2 is 2.00 bits per heavy atom. The van der Waals surface area contributed by atoms with Crippen LogP contribution in [0, 0.1) is 12.8 Å². The molecule has 2 aromatic heterocycles. The predicted octanol–water partition coefficient (Wildman–Crippen LogP) is 2.94. The standard InChI is InChI=1S/C21H22ClN5O2/c1-13-19(10-18(26-25-13)17-11-23-21(29)24-20(17)28)27-8-2-3-15(12-27)9-14-4-6-16(22)7-5-14/h4-7,10-11,15H,2-3,8-9,12H2,1H3,(H2,23,24,28,29). The molecule has 4 rings (SSSR count). The maximum Gasteiger partial charge on any atom is 0.325 e. The SMILES string of the molecule is Cc1nnc(-c2c[nH]c(=O)[nH]c2=O)cc1N1CCCC(Cc2ccc(Cl)cc2)C1. The zero-order chi connectivity index (χ0) is 20.4. The van der Waals surface area contributed by atoms with Crippen LogP contribution >= 0.6 is 11.6 Å². The molecular weight excluding hydrogens is 390 g/mol. The van der Waals surface area contributed by atoms with E-state index < -0.39 is 11.2 Å². The Bertz CT molecular complexity index is 1120. The maximum absolute atomic E-state index is 12.1. The summed E-state index contributed by atoms with van der Waals surface area (Å²) in [4.78, 5) is 30.4. The molecule has 1 aliphatic heterocycles. The van der Waals surface area contributed by atoms with E-state index >= 15 is 0 Å². The number of piperidine rings is 1. The molecule has 0 bridgehead atoms. The summed E-state index contributed by atoms with van der Waals surface area (Å²) >= 11 is 6.00. The first-order valence-corrected chi connectivity index (χ1v) is 10.0. The molecule has 0 amide bonds. The van der Waals surface area contributed by atoms with Gasteiger partial charge < -0.3 is 9.88 Å². The van der Waals surface area contributed by atoms with Crippen molar-refractivity contribution < 1.29 is 0 Å². The number of rotatable bonds is 4. The van der Waals surface area contributed by atoms with E-state index in [9.17, 15) is 9.59 Å². The molecule has 7 nitrogen and oxygen atoms in total. The van der Waals surface area contributed by atoms with E-state index in [0.29, 0.717) is 17.2 Å². The van der Waals surface area contributed by atoms with Gasteiger partial charge in [0, 0.05) is 24.3 Å². The summed E-state index contributed by atoms with van der Waals surface area (Å²) in [5.74, 6) is 0.525. The summed E-state index contributed by atoms with van der Waals surface area (Å²) in [6, 6.07) is 9.92. The predicted molar refractivity (Wildman–Crippen MR) is 114 cm³/mol. The highest BCUT2D eigenvalue weighted by Crippen LogP contribution is 2.29. The minimum atomic E-state index is -0.542. The molecule has 1 aromatic carbocycles. The summed E-state index contributed by atoms with van der Waals surface area (Å²) < 4.78 is 0. The van der Waals surface area contributed by atoms with Gasteiger partial charge >= 0.3 is 5.69 Å². The summed E-state index contributed by atoms with van der Waals surface area (Å²) in [6.07, 6.45) is 4.64. The van der Waals surface area contributed by atoms with Crippen molar-refractivity contribution in [2.45, 2.75) is 26.2 Å². The zero-order valence-corrected chi connectivity index (χ0v) is 16.9. The van der Waals surface area contributed by atoms with Crippen molar-refractivity contribution in [2.24, 2.45) is 5.92 Å². The fraction of sp³-hybridized carbons (Fsp3) is 0.333. The van der Waals surface area contributed by atoms with Crippen LogP contribution in [-0.4, -0.2) is 33.3 Å². The van der Waals surface area contributed by atoms with E-state index in [-0.39, 0.29) is 0 Å². The van der Waals surface area contributed by atoms with E-state index in [2.05, 4.69) is 37.2 Å². The minimum Gasteiger partial charge on any atom is -0.370 e. The highest BCUT2D eigenvalue weighted by Gasteiger charge is 2.23. The van der Waals surface area contributed by atoms with Crippen LogP contribution in [0.4, 0.5) is 5.69 Å². The first kappa shape index (κ1) is 19.4. The van der Waals surface area contributed by atoms with Crippen LogP contribution in [0.3, 0.4) is 0 Å². The zero-order valence-electron chi connectivity index (χ0n) is 16.1. The van der Waals surface area contributed by atoms with Gasteiger partial charge in [-0.3, -0.25) is 9.78 Å². The number of benzene rings is 1. The lowest BCUT2D eigenvalue weighted by Crippen LogP contribution is -2.37. The molecule has 0 spiro atoms. The van der Waals surface area contributed by atoms with Gasteiger partial charge in [-0.05, 0) is 55.9 Å². The topological polar surface area (TPSA) is 94.7 Å². The lowest BCUT2D eigenvalue weighted by Gasteiger charge is -2.35. The molecule has 8 heteroatoms. The number of aryl methyl sites for hydroxylation is 1. The van der Waals surface area contributed by atoms with Gasteiger partial charge in [0.15, 0.2) is 0 Å². The number of aromatic nitrogens is 4. The molecule has 1 saturated heterocycles. The fourth-order valence-electron chi connectivity index (χ4n) is 3.90. The lowest BCUT2D eigenvalue weighted by molar-refractivity contribution is 0.412. The van der Waals surface area contributed by atoms with Crippen LogP contribution in [0.5, 0.6) is 0 Å². The first-order valence-electron chi connectivity index (χ1n) is 9.65. The third-order valence-corrected chi connectivity index (χ3v) is 5.60. The van der Waals surface area contributed by atoms with Crippen LogP contribution in [0.2, 0.25) is 5.02 Å². The van der Waals surface area contributed by atoms with Gasteiger partial charge in [-0.2, -0.15) is 5.10 Å². The Morgan fingerprint density at radius 3 is 2.76 bits per heavy atom. The van der Waals surface area contributed by atoms with Gasteiger partial charge in [0.1, 0.15) is 5.69 Å². The van der Waals surface area contributed by atoms with E-state index in [1.54, 1.807) is 0 Å². The molecule has 1 fully saturated rings. The molecule has 0 aliphatic carbocycles. The van der Waals surface area contributed by atoms with Crippen LogP contribution < -0.4 is 16.1 Å². The number of hydrogen-bond acceptors (Lipinski definition) is 5. The van der Waals surface area contributed by atoms with Crippen molar-refractivity contribution in [3.63, 3.8) is 0 Å². The number of H-pyrrole nitrogens is 2. The normalized spacial score (nSPS) is 16.8. The first-order chi connectivity index (χ1) is 14.0. The maximum atomic E-state index is 12.1. The Balaban J connectivity index is 1.57. The van der Waals surface area contributed by atoms with E-state index in [0.717, 1.165) is 42.3 Å². The van der Waals surface area contributed by atoms with Crippen molar-refractivity contribution in [1.29, 1.82) is 0 Å². The van der Waals surface area contributed by atoms with E-state index in [1.165, 1.54) is 18.2 Å². The monoisotopic (exact) mass is 411 g/mol. The molecule has 2 N–H and O–H groups in total. The molecule has 1 atom stereocenters. The Kier molecular flexibility index (Phi) is 5.49. The third-order valence-electron chi connectivity index (χ3n) is 5.34. The Hall–Kier alpha value is -2.93.